The Labute approximate surface area is 76.7 Å². The molecule has 0 bridgehead atoms. The molecule has 0 aromatic carbocycles. The zero-order valence-corrected chi connectivity index (χ0v) is 7.45. The van der Waals surface area contributed by atoms with Gasteiger partial charge in [0.05, 0.1) is 13.2 Å². The summed E-state index contributed by atoms with van der Waals surface area (Å²) in [5.74, 6) is 0.193. The summed E-state index contributed by atoms with van der Waals surface area (Å²) < 4.78 is 11.1. The quantitative estimate of drug-likeness (QED) is 0.534. The summed E-state index contributed by atoms with van der Waals surface area (Å²) in [6.07, 6.45) is 2.22. The highest BCUT2D eigenvalue weighted by Gasteiger charge is 2.37. The van der Waals surface area contributed by atoms with Crippen molar-refractivity contribution in [3.8, 4) is 0 Å². The Morgan fingerprint density at radius 1 is 1.31 bits per heavy atom. The van der Waals surface area contributed by atoms with E-state index in [4.69, 9.17) is 14.7 Å². The van der Waals surface area contributed by atoms with E-state index in [0.29, 0.717) is 32.0 Å². The minimum absolute atomic E-state index is 0.428. The fraction of sp³-hybridized carbons (Fsp3) is 0.875. The lowest BCUT2D eigenvalue weighted by molar-refractivity contribution is -0.162. The van der Waals surface area contributed by atoms with E-state index >= 15 is 0 Å². The Hall–Kier alpha value is -0.650. The van der Waals surface area contributed by atoms with Crippen LogP contribution in [-0.2, 0) is 9.47 Å². The molecule has 0 aromatic rings. The molecule has 74 valence electrons. The SMILES string of the molecule is ONC1=NCCC2(CC1)OCCO2. The molecular formula is C8H14N2O3. The van der Waals surface area contributed by atoms with Gasteiger partial charge in [-0.25, -0.2) is 0 Å². The van der Waals surface area contributed by atoms with Crippen LogP contribution in [0.4, 0.5) is 0 Å². The van der Waals surface area contributed by atoms with Gasteiger partial charge in [0.15, 0.2) is 5.79 Å². The summed E-state index contributed by atoms with van der Waals surface area (Å²) in [6, 6.07) is 0. The van der Waals surface area contributed by atoms with Gasteiger partial charge in [-0.3, -0.25) is 15.7 Å². The van der Waals surface area contributed by atoms with E-state index in [9.17, 15) is 0 Å². The molecule has 2 N–H and O–H groups in total. The van der Waals surface area contributed by atoms with Crippen molar-refractivity contribution in [1.82, 2.24) is 5.48 Å². The molecule has 0 radical (unpaired) electrons. The minimum atomic E-state index is -0.428. The van der Waals surface area contributed by atoms with Crippen LogP contribution in [0.5, 0.6) is 0 Å². The molecule has 1 saturated heterocycles. The molecule has 13 heavy (non-hydrogen) atoms. The number of rotatable bonds is 0. The van der Waals surface area contributed by atoms with Gasteiger partial charge in [0.1, 0.15) is 5.84 Å². The Morgan fingerprint density at radius 3 is 2.77 bits per heavy atom. The molecule has 0 unspecified atom stereocenters. The van der Waals surface area contributed by atoms with Crippen molar-refractivity contribution in [2.45, 2.75) is 25.0 Å². The molecule has 0 atom stereocenters. The molecule has 2 heterocycles. The number of hydrogen-bond donors (Lipinski definition) is 2. The number of amidine groups is 1. The fourth-order valence-corrected chi connectivity index (χ4v) is 1.75. The zero-order valence-electron chi connectivity index (χ0n) is 7.45. The minimum Gasteiger partial charge on any atom is -0.347 e. The lowest BCUT2D eigenvalue weighted by atomic mass is 10.1. The molecule has 0 amide bonds. The van der Waals surface area contributed by atoms with Crippen LogP contribution in [0.3, 0.4) is 0 Å². The fourth-order valence-electron chi connectivity index (χ4n) is 1.75. The van der Waals surface area contributed by atoms with Gasteiger partial charge in [-0.15, -0.1) is 0 Å². The highest BCUT2D eigenvalue weighted by molar-refractivity contribution is 5.81. The predicted molar refractivity (Wildman–Crippen MR) is 45.7 cm³/mol. The van der Waals surface area contributed by atoms with Gasteiger partial charge < -0.3 is 9.47 Å². The topological polar surface area (TPSA) is 63.1 Å². The molecule has 2 aliphatic heterocycles. The second kappa shape index (κ2) is 3.61. The first-order chi connectivity index (χ1) is 6.35. The van der Waals surface area contributed by atoms with Crippen molar-refractivity contribution in [3.63, 3.8) is 0 Å². The van der Waals surface area contributed by atoms with Gasteiger partial charge in [0.2, 0.25) is 0 Å². The number of hydrogen-bond acceptors (Lipinski definition) is 5. The summed E-state index contributed by atoms with van der Waals surface area (Å²) in [4.78, 5) is 4.16. The number of nitrogens with one attached hydrogen (secondary N) is 1. The summed E-state index contributed by atoms with van der Waals surface area (Å²) in [5.41, 5.74) is 2.09. The second-order valence-corrected chi connectivity index (χ2v) is 3.30. The summed E-state index contributed by atoms with van der Waals surface area (Å²) in [5, 5.41) is 8.68. The highest BCUT2D eigenvalue weighted by atomic mass is 16.7. The number of nitrogens with zero attached hydrogens (tertiary/aromatic N) is 1. The van der Waals surface area contributed by atoms with Crippen molar-refractivity contribution < 1.29 is 14.7 Å². The average Bonchev–Trinajstić information content (AvgIpc) is 2.49. The van der Waals surface area contributed by atoms with Crippen molar-refractivity contribution >= 4 is 5.84 Å². The maximum absolute atomic E-state index is 8.68. The third kappa shape index (κ3) is 1.82. The van der Waals surface area contributed by atoms with Crippen molar-refractivity contribution in [3.05, 3.63) is 0 Å². The van der Waals surface area contributed by atoms with E-state index in [-0.39, 0.29) is 0 Å². The van der Waals surface area contributed by atoms with Crippen LogP contribution in [-0.4, -0.2) is 36.6 Å². The summed E-state index contributed by atoms with van der Waals surface area (Å²) >= 11 is 0. The van der Waals surface area contributed by atoms with E-state index < -0.39 is 5.79 Å². The van der Waals surface area contributed by atoms with Crippen LogP contribution in [0.1, 0.15) is 19.3 Å². The number of aliphatic imine (C=N–C) groups is 1. The number of ether oxygens (including phenoxy) is 2. The summed E-state index contributed by atoms with van der Waals surface area (Å²) in [7, 11) is 0. The standard InChI is InChI=1S/C8H14N2O3/c11-10-7-1-2-8(3-4-9-7)12-5-6-13-8/h11H,1-6H2,(H,9,10). The monoisotopic (exact) mass is 186 g/mol. The second-order valence-electron chi connectivity index (χ2n) is 3.30. The molecule has 5 heteroatoms. The molecular weight excluding hydrogens is 172 g/mol. The first-order valence-corrected chi connectivity index (χ1v) is 4.56. The third-order valence-corrected chi connectivity index (χ3v) is 2.48. The Morgan fingerprint density at radius 2 is 2.08 bits per heavy atom. The molecule has 2 rings (SSSR count). The first-order valence-electron chi connectivity index (χ1n) is 4.56. The number of hydroxylamine groups is 1. The van der Waals surface area contributed by atoms with Gasteiger partial charge in [-0.1, -0.05) is 0 Å². The van der Waals surface area contributed by atoms with Crippen LogP contribution in [0, 0.1) is 0 Å². The van der Waals surface area contributed by atoms with Crippen LogP contribution >= 0.6 is 0 Å². The van der Waals surface area contributed by atoms with E-state index in [1.807, 2.05) is 0 Å². The zero-order chi connectivity index (χ0) is 9.15. The summed E-state index contributed by atoms with van der Waals surface area (Å²) in [6.45, 7) is 1.98. The lowest BCUT2D eigenvalue weighted by Gasteiger charge is -2.24. The average molecular weight is 186 g/mol. The Bertz CT molecular complexity index is 211. The van der Waals surface area contributed by atoms with Gasteiger partial charge in [-0.05, 0) is 0 Å². The van der Waals surface area contributed by atoms with Crippen molar-refractivity contribution in [1.29, 1.82) is 0 Å². The Kier molecular flexibility index (Phi) is 2.48. The van der Waals surface area contributed by atoms with E-state index in [1.165, 1.54) is 0 Å². The van der Waals surface area contributed by atoms with Crippen molar-refractivity contribution in [2.24, 2.45) is 4.99 Å². The van der Waals surface area contributed by atoms with Gasteiger partial charge >= 0.3 is 0 Å². The van der Waals surface area contributed by atoms with Crippen LogP contribution in [0.2, 0.25) is 0 Å². The predicted octanol–water partition coefficient (Wildman–Crippen LogP) is 0.291. The van der Waals surface area contributed by atoms with Crippen LogP contribution in [0.15, 0.2) is 4.99 Å². The van der Waals surface area contributed by atoms with E-state index in [2.05, 4.69) is 10.5 Å². The lowest BCUT2D eigenvalue weighted by Crippen LogP contribution is -2.31. The largest absolute Gasteiger partial charge is 0.347 e. The van der Waals surface area contributed by atoms with Crippen LogP contribution in [0.25, 0.3) is 0 Å². The van der Waals surface area contributed by atoms with Crippen molar-refractivity contribution in [2.75, 3.05) is 19.8 Å². The molecule has 5 nitrogen and oxygen atoms in total. The van der Waals surface area contributed by atoms with Gasteiger partial charge in [0.25, 0.3) is 0 Å². The molecule has 0 saturated carbocycles. The van der Waals surface area contributed by atoms with E-state index in [1.54, 1.807) is 0 Å². The molecule has 1 fully saturated rings. The van der Waals surface area contributed by atoms with E-state index in [0.717, 1.165) is 12.8 Å². The third-order valence-electron chi connectivity index (χ3n) is 2.48. The maximum atomic E-state index is 8.68. The first kappa shape index (κ1) is 8.93. The highest BCUT2D eigenvalue weighted by Crippen LogP contribution is 2.30. The molecule has 1 spiro atoms. The molecule has 0 aliphatic carbocycles. The molecule has 0 aromatic heterocycles. The Balaban J connectivity index is 1.98. The van der Waals surface area contributed by atoms with Gasteiger partial charge in [0, 0.05) is 25.8 Å². The van der Waals surface area contributed by atoms with Gasteiger partial charge in [-0.2, -0.15) is 0 Å². The smallest absolute Gasteiger partial charge is 0.170 e. The van der Waals surface area contributed by atoms with Crippen LogP contribution < -0.4 is 5.48 Å². The maximum Gasteiger partial charge on any atom is 0.170 e. The normalized spacial score (nSPS) is 27.0. The molecule has 2 aliphatic rings.